The van der Waals surface area contributed by atoms with Crippen LogP contribution >= 0.6 is 0 Å². The van der Waals surface area contributed by atoms with E-state index in [-0.39, 0.29) is 5.56 Å². The number of carbonyl (C=O) groups excluding carboxylic acids is 3. The Morgan fingerprint density at radius 2 is 1.80 bits per heavy atom. The molecule has 0 atom stereocenters. The van der Waals surface area contributed by atoms with Crippen LogP contribution in [0.1, 0.15) is 20.7 Å². The third-order valence-electron chi connectivity index (χ3n) is 3.35. The number of anilines is 1. The van der Waals surface area contributed by atoms with Crippen molar-refractivity contribution in [2.75, 3.05) is 11.9 Å². The highest BCUT2D eigenvalue weighted by molar-refractivity contribution is 5.97. The number of fused-ring (bicyclic) bond motifs is 1. The lowest BCUT2D eigenvalue weighted by Gasteiger charge is -2.07. The first-order valence-corrected chi connectivity index (χ1v) is 7.23. The molecule has 0 aliphatic carbocycles. The average molecular weight is 339 g/mol. The second kappa shape index (κ2) is 6.83. The summed E-state index contributed by atoms with van der Waals surface area (Å²) in [5.41, 5.74) is 7.24. The van der Waals surface area contributed by atoms with E-state index in [1.165, 1.54) is 42.8 Å². The number of esters is 1. The third kappa shape index (κ3) is 3.81. The maximum absolute atomic E-state index is 12.0. The van der Waals surface area contributed by atoms with E-state index in [0.717, 1.165) is 0 Å². The van der Waals surface area contributed by atoms with Crippen LogP contribution in [0, 0.1) is 0 Å². The van der Waals surface area contributed by atoms with Gasteiger partial charge in [0.25, 0.3) is 5.91 Å². The summed E-state index contributed by atoms with van der Waals surface area (Å²) in [6.07, 6.45) is 1.27. The summed E-state index contributed by atoms with van der Waals surface area (Å²) in [5.74, 6) is -1.73. The van der Waals surface area contributed by atoms with Crippen LogP contribution in [-0.4, -0.2) is 29.4 Å². The molecule has 3 aromatic rings. The zero-order valence-electron chi connectivity index (χ0n) is 12.9. The Bertz CT molecular complexity index is 946. The second-order valence-electron chi connectivity index (χ2n) is 5.10. The number of hydrogen-bond donors (Lipinski definition) is 2. The van der Waals surface area contributed by atoms with Crippen LogP contribution in [0.15, 0.2) is 53.3 Å². The number of primary amides is 1. The van der Waals surface area contributed by atoms with Gasteiger partial charge in [0, 0.05) is 11.3 Å². The molecular weight excluding hydrogens is 326 g/mol. The van der Waals surface area contributed by atoms with Crippen LogP contribution in [0.25, 0.3) is 11.1 Å². The molecule has 1 heterocycles. The minimum absolute atomic E-state index is 0.253. The lowest BCUT2D eigenvalue weighted by molar-refractivity contribution is -0.119. The number of carbonyl (C=O) groups is 3. The Kier molecular flexibility index (Phi) is 4.42. The van der Waals surface area contributed by atoms with Crippen molar-refractivity contribution in [1.29, 1.82) is 0 Å². The minimum atomic E-state index is -0.655. The van der Waals surface area contributed by atoms with Crippen molar-refractivity contribution in [1.82, 2.24) is 4.98 Å². The number of benzene rings is 2. The van der Waals surface area contributed by atoms with Crippen molar-refractivity contribution < 1.29 is 23.5 Å². The lowest BCUT2D eigenvalue weighted by atomic mass is 10.2. The first kappa shape index (κ1) is 16.2. The summed E-state index contributed by atoms with van der Waals surface area (Å²) in [7, 11) is 0. The molecular formula is C17H13N3O5. The van der Waals surface area contributed by atoms with E-state index in [0.29, 0.717) is 22.4 Å². The molecule has 3 N–H and O–H groups in total. The smallest absolute Gasteiger partial charge is 0.338 e. The molecule has 3 rings (SSSR count). The Hall–Kier alpha value is -3.68. The van der Waals surface area contributed by atoms with Gasteiger partial charge >= 0.3 is 5.97 Å². The molecule has 0 aliphatic rings. The van der Waals surface area contributed by atoms with Crippen LogP contribution < -0.4 is 11.1 Å². The zero-order valence-corrected chi connectivity index (χ0v) is 12.9. The molecule has 2 amide bonds. The number of nitrogens with two attached hydrogens (primary N) is 1. The molecule has 8 heteroatoms. The van der Waals surface area contributed by atoms with Gasteiger partial charge in [0.1, 0.15) is 5.52 Å². The molecule has 0 saturated heterocycles. The maximum Gasteiger partial charge on any atom is 0.338 e. The molecule has 0 radical (unpaired) electrons. The molecule has 0 unspecified atom stereocenters. The van der Waals surface area contributed by atoms with Crippen molar-refractivity contribution in [3.05, 3.63) is 60.0 Å². The summed E-state index contributed by atoms with van der Waals surface area (Å²) >= 11 is 0. The Morgan fingerprint density at radius 3 is 2.52 bits per heavy atom. The molecule has 1 aromatic heterocycles. The molecule has 2 aromatic carbocycles. The monoisotopic (exact) mass is 339 g/mol. The van der Waals surface area contributed by atoms with E-state index in [2.05, 4.69) is 10.3 Å². The quantitative estimate of drug-likeness (QED) is 0.682. The summed E-state index contributed by atoms with van der Waals surface area (Å²) in [6, 6.07) is 10.7. The van der Waals surface area contributed by atoms with Gasteiger partial charge < -0.3 is 20.2 Å². The van der Waals surface area contributed by atoms with Crippen LogP contribution in [0.4, 0.5) is 5.69 Å². The van der Waals surface area contributed by atoms with Crippen molar-refractivity contribution >= 4 is 34.6 Å². The van der Waals surface area contributed by atoms with Crippen LogP contribution in [0.2, 0.25) is 0 Å². The topological polar surface area (TPSA) is 125 Å². The van der Waals surface area contributed by atoms with Crippen LogP contribution in [0.5, 0.6) is 0 Å². The summed E-state index contributed by atoms with van der Waals surface area (Å²) < 4.78 is 10.1. The van der Waals surface area contributed by atoms with Crippen molar-refractivity contribution in [2.24, 2.45) is 5.73 Å². The number of oxazole rings is 1. The number of amides is 2. The van der Waals surface area contributed by atoms with E-state index in [9.17, 15) is 14.4 Å². The summed E-state index contributed by atoms with van der Waals surface area (Å²) in [4.78, 5) is 38.7. The highest BCUT2D eigenvalue weighted by Gasteiger charge is 2.12. The van der Waals surface area contributed by atoms with E-state index >= 15 is 0 Å². The van der Waals surface area contributed by atoms with Gasteiger partial charge in [-0.05, 0) is 42.5 Å². The molecule has 0 spiro atoms. The minimum Gasteiger partial charge on any atom is -0.452 e. The van der Waals surface area contributed by atoms with Crippen molar-refractivity contribution in [2.45, 2.75) is 0 Å². The molecule has 0 saturated carbocycles. The fraction of sp³-hybridized carbons (Fsp3) is 0.0588. The molecule has 0 aliphatic heterocycles. The molecule has 25 heavy (non-hydrogen) atoms. The largest absolute Gasteiger partial charge is 0.452 e. The third-order valence-corrected chi connectivity index (χ3v) is 3.35. The number of rotatable bonds is 5. The zero-order chi connectivity index (χ0) is 17.8. The summed E-state index contributed by atoms with van der Waals surface area (Å²) in [6.45, 7) is -0.454. The van der Waals surface area contributed by atoms with Gasteiger partial charge in [0.05, 0.1) is 5.56 Å². The standard InChI is InChI=1S/C17H13N3O5/c18-16(22)10-1-4-12(5-2-10)20-15(21)8-24-17(23)11-3-6-13-14(7-11)25-9-19-13/h1-7,9H,8H2,(H2,18,22)(H,20,21). The first-order valence-electron chi connectivity index (χ1n) is 7.23. The average Bonchev–Trinajstić information content (AvgIpc) is 3.07. The van der Waals surface area contributed by atoms with Gasteiger partial charge in [-0.25, -0.2) is 9.78 Å². The van der Waals surface area contributed by atoms with E-state index in [4.69, 9.17) is 14.9 Å². The van der Waals surface area contributed by atoms with E-state index in [1.54, 1.807) is 6.07 Å². The Labute approximate surface area is 141 Å². The van der Waals surface area contributed by atoms with Crippen molar-refractivity contribution in [3.8, 4) is 0 Å². The second-order valence-corrected chi connectivity index (χ2v) is 5.10. The van der Waals surface area contributed by atoms with Crippen molar-refractivity contribution in [3.63, 3.8) is 0 Å². The van der Waals surface area contributed by atoms with Gasteiger partial charge in [0.2, 0.25) is 5.91 Å². The number of hydrogen-bond acceptors (Lipinski definition) is 6. The van der Waals surface area contributed by atoms with E-state index < -0.39 is 24.4 Å². The molecule has 8 nitrogen and oxygen atoms in total. The van der Waals surface area contributed by atoms with E-state index in [1.807, 2.05) is 0 Å². The normalized spacial score (nSPS) is 10.4. The van der Waals surface area contributed by atoms with Gasteiger partial charge in [-0.15, -0.1) is 0 Å². The van der Waals surface area contributed by atoms with Gasteiger partial charge in [-0.1, -0.05) is 0 Å². The molecule has 126 valence electrons. The van der Waals surface area contributed by atoms with Gasteiger partial charge in [0.15, 0.2) is 18.6 Å². The number of aromatic nitrogens is 1. The molecule has 0 fully saturated rings. The SMILES string of the molecule is NC(=O)c1ccc(NC(=O)COC(=O)c2ccc3ncoc3c2)cc1. The fourth-order valence-corrected chi connectivity index (χ4v) is 2.11. The number of nitrogens with zero attached hydrogens (tertiary/aromatic N) is 1. The van der Waals surface area contributed by atoms with Gasteiger partial charge in [-0.3, -0.25) is 9.59 Å². The lowest BCUT2D eigenvalue weighted by Crippen LogP contribution is -2.21. The number of nitrogens with one attached hydrogen (secondary N) is 1. The highest BCUT2D eigenvalue weighted by atomic mass is 16.5. The van der Waals surface area contributed by atoms with Gasteiger partial charge in [-0.2, -0.15) is 0 Å². The first-order chi connectivity index (χ1) is 12.0. The van der Waals surface area contributed by atoms with Crippen LogP contribution in [0.3, 0.4) is 0 Å². The molecule has 0 bridgehead atoms. The predicted octanol–water partition coefficient (Wildman–Crippen LogP) is 1.72. The Morgan fingerprint density at radius 1 is 1.08 bits per heavy atom. The maximum atomic E-state index is 12.0. The Balaban J connectivity index is 1.56. The number of ether oxygens (including phenoxy) is 1. The fourth-order valence-electron chi connectivity index (χ4n) is 2.11. The highest BCUT2D eigenvalue weighted by Crippen LogP contribution is 2.15. The van der Waals surface area contributed by atoms with Crippen LogP contribution in [-0.2, 0) is 9.53 Å². The summed E-state index contributed by atoms with van der Waals surface area (Å²) in [5, 5.41) is 2.54. The predicted molar refractivity (Wildman–Crippen MR) is 87.9 cm³/mol.